The van der Waals surface area contributed by atoms with Gasteiger partial charge in [-0.15, -0.1) is 0 Å². The minimum atomic E-state index is -1.96. The Hall–Kier alpha value is -4.22. The molecule has 3 atom stereocenters. The van der Waals surface area contributed by atoms with E-state index in [2.05, 4.69) is 5.32 Å². The third-order valence-corrected chi connectivity index (χ3v) is 8.40. The second kappa shape index (κ2) is 14.5. The molecule has 0 aromatic heterocycles. The first kappa shape index (κ1) is 32.7. The summed E-state index contributed by atoms with van der Waals surface area (Å²) in [5, 5.41) is 24.5. The Bertz CT molecular complexity index is 1390. The van der Waals surface area contributed by atoms with E-state index in [1.54, 1.807) is 73.6 Å². The molecule has 11 heteroatoms. The molecule has 3 N–H and O–H groups in total. The van der Waals surface area contributed by atoms with Gasteiger partial charge in [0.2, 0.25) is 5.91 Å². The number of rotatable bonds is 13. The number of fused-ring (bicyclic) bond motifs is 1. The molecule has 11 nitrogen and oxygen atoms in total. The number of aliphatic hydroxyl groups excluding tert-OH is 1. The monoisotopic (exact) mass is 607 g/mol. The zero-order valence-corrected chi connectivity index (χ0v) is 25.5. The van der Waals surface area contributed by atoms with Gasteiger partial charge in [0.15, 0.2) is 5.60 Å². The van der Waals surface area contributed by atoms with Crippen molar-refractivity contribution in [2.45, 2.75) is 57.1 Å². The van der Waals surface area contributed by atoms with E-state index in [0.717, 1.165) is 12.8 Å². The normalized spacial score (nSPS) is 20.1. The summed E-state index contributed by atoms with van der Waals surface area (Å²) < 4.78 is 9.86. The zero-order valence-electron chi connectivity index (χ0n) is 25.5. The van der Waals surface area contributed by atoms with E-state index in [1.165, 1.54) is 12.0 Å². The highest BCUT2D eigenvalue weighted by Gasteiger charge is 2.52. The molecule has 2 aliphatic heterocycles. The Morgan fingerprint density at radius 2 is 1.89 bits per heavy atom. The number of nitrogens with zero attached hydrogens (tertiary/aromatic N) is 2. The molecule has 236 valence electrons. The molecule has 1 fully saturated rings. The maximum absolute atomic E-state index is 13.9. The van der Waals surface area contributed by atoms with Gasteiger partial charge in [-0.05, 0) is 68.1 Å². The lowest BCUT2D eigenvalue weighted by Gasteiger charge is -2.28. The van der Waals surface area contributed by atoms with Crippen LogP contribution in [0, 0.1) is 5.92 Å². The number of esters is 1. The number of benzene rings is 2. The topological polar surface area (TPSA) is 146 Å². The maximum Gasteiger partial charge on any atom is 0.305 e. The summed E-state index contributed by atoms with van der Waals surface area (Å²) in [4.78, 5) is 54.3. The molecule has 0 bridgehead atoms. The van der Waals surface area contributed by atoms with Gasteiger partial charge in [0.05, 0.1) is 32.6 Å². The van der Waals surface area contributed by atoms with Crippen LogP contribution in [0.1, 0.15) is 61.4 Å². The standard InChI is InChI=1S/C33H41N3O8/c1-22(8-6-10-29(38)35-19-7-9-25(35)21-37)33(42)27-20-24(34-31(40)23-12-15-26(43-2)16-13-23)14-17-28(27)36(32(33)41)18-5-4-11-30(39)44-3/h6,8,12-17,20,22,25,37,42H,4-5,7,9-11,18-19,21H2,1-3H3,(H,34,40)/b8-6+/t22-,25+,33+/m1/s1. The van der Waals surface area contributed by atoms with Crippen molar-refractivity contribution >= 4 is 35.1 Å². The fourth-order valence-corrected chi connectivity index (χ4v) is 5.82. The number of aliphatic hydroxyl groups is 2. The van der Waals surface area contributed by atoms with E-state index in [-0.39, 0.29) is 49.8 Å². The van der Waals surface area contributed by atoms with Crippen LogP contribution in [-0.2, 0) is 24.7 Å². The fraction of sp³-hybridized carbons (Fsp3) is 0.455. The number of ether oxygens (including phenoxy) is 2. The van der Waals surface area contributed by atoms with Gasteiger partial charge in [0, 0.05) is 48.7 Å². The Morgan fingerprint density at radius 1 is 1.14 bits per heavy atom. The predicted molar refractivity (Wildman–Crippen MR) is 164 cm³/mol. The number of nitrogens with one attached hydrogen (secondary N) is 1. The van der Waals surface area contributed by atoms with Crippen LogP contribution in [-0.4, -0.2) is 78.8 Å². The van der Waals surface area contributed by atoms with Crippen molar-refractivity contribution < 1.29 is 38.9 Å². The summed E-state index contributed by atoms with van der Waals surface area (Å²) >= 11 is 0. The molecule has 3 amide bonds. The summed E-state index contributed by atoms with van der Waals surface area (Å²) in [5.41, 5.74) is -0.297. The average molecular weight is 608 g/mol. The quantitative estimate of drug-likeness (QED) is 0.179. The van der Waals surface area contributed by atoms with E-state index in [4.69, 9.17) is 9.47 Å². The van der Waals surface area contributed by atoms with Crippen molar-refractivity contribution in [2.75, 3.05) is 44.1 Å². The molecule has 2 aromatic rings. The molecule has 0 spiro atoms. The Kier molecular flexibility index (Phi) is 10.8. The van der Waals surface area contributed by atoms with Crippen molar-refractivity contribution in [3.63, 3.8) is 0 Å². The maximum atomic E-state index is 13.9. The molecule has 2 aromatic carbocycles. The van der Waals surface area contributed by atoms with Gasteiger partial charge >= 0.3 is 5.97 Å². The van der Waals surface area contributed by atoms with Crippen molar-refractivity contribution in [2.24, 2.45) is 5.92 Å². The van der Waals surface area contributed by atoms with Gasteiger partial charge in [-0.2, -0.15) is 0 Å². The Labute approximate surface area is 257 Å². The number of likely N-dealkylation sites (tertiary alicyclic amines) is 1. The average Bonchev–Trinajstić information content (AvgIpc) is 3.60. The lowest BCUT2D eigenvalue weighted by Crippen LogP contribution is -2.44. The number of carbonyl (C=O) groups is 4. The zero-order chi connectivity index (χ0) is 31.9. The summed E-state index contributed by atoms with van der Waals surface area (Å²) in [5.74, 6) is -1.44. The molecular formula is C33H41N3O8. The molecule has 4 rings (SSSR count). The smallest absolute Gasteiger partial charge is 0.305 e. The molecule has 0 saturated carbocycles. The van der Waals surface area contributed by atoms with Crippen LogP contribution >= 0.6 is 0 Å². The van der Waals surface area contributed by atoms with Crippen LogP contribution < -0.4 is 15.0 Å². The van der Waals surface area contributed by atoms with Gasteiger partial charge in [0.25, 0.3) is 11.8 Å². The number of carbonyl (C=O) groups excluding carboxylic acids is 4. The summed E-state index contributed by atoms with van der Waals surface area (Å²) in [7, 11) is 2.87. The number of hydrogen-bond acceptors (Lipinski definition) is 8. The highest BCUT2D eigenvalue weighted by Crippen LogP contribution is 2.46. The van der Waals surface area contributed by atoms with Crippen molar-refractivity contribution in [3.05, 3.63) is 65.7 Å². The van der Waals surface area contributed by atoms with E-state index in [0.29, 0.717) is 47.6 Å². The molecule has 1 saturated heterocycles. The van der Waals surface area contributed by atoms with E-state index in [1.807, 2.05) is 0 Å². The van der Waals surface area contributed by atoms with E-state index < -0.39 is 17.4 Å². The van der Waals surface area contributed by atoms with Crippen molar-refractivity contribution in [3.8, 4) is 5.75 Å². The van der Waals surface area contributed by atoms with Gasteiger partial charge in [0.1, 0.15) is 5.75 Å². The molecule has 2 aliphatic rings. The molecule has 0 unspecified atom stereocenters. The van der Waals surface area contributed by atoms with Crippen LogP contribution in [0.5, 0.6) is 5.75 Å². The molecule has 0 aliphatic carbocycles. The summed E-state index contributed by atoms with van der Waals surface area (Å²) in [6, 6.07) is 11.4. The number of unbranched alkanes of at least 4 members (excludes halogenated alkanes) is 1. The van der Waals surface area contributed by atoms with Crippen molar-refractivity contribution in [1.82, 2.24) is 4.90 Å². The number of amides is 3. The second-order valence-electron chi connectivity index (χ2n) is 11.2. The Balaban J connectivity index is 1.56. The lowest BCUT2D eigenvalue weighted by molar-refractivity contribution is -0.140. The van der Waals surface area contributed by atoms with Gasteiger partial charge in [-0.25, -0.2) is 0 Å². The minimum absolute atomic E-state index is 0.0766. The first-order valence-electron chi connectivity index (χ1n) is 14.9. The highest BCUT2D eigenvalue weighted by atomic mass is 16.5. The van der Waals surface area contributed by atoms with Crippen LogP contribution in [0.3, 0.4) is 0 Å². The number of anilines is 2. The number of hydrogen-bond donors (Lipinski definition) is 3. The third kappa shape index (κ3) is 6.95. The summed E-state index contributed by atoms with van der Waals surface area (Å²) in [6.07, 6.45) is 6.22. The first-order chi connectivity index (χ1) is 21.1. The number of methoxy groups -OCH3 is 2. The highest BCUT2D eigenvalue weighted by molar-refractivity contribution is 6.09. The largest absolute Gasteiger partial charge is 0.497 e. The minimum Gasteiger partial charge on any atom is -0.497 e. The lowest BCUT2D eigenvalue weighted by atomic mass is 9.82. The molecule has 44 heavy (non-hydrogen) atoms. The van der Waals surface area contributed by atoms with Crippen LogP contribution in [0.2, 0.25) is 0 Å². The van der Waals surface area contributed by atoms with Crippen LogP contribution in [0.15, 0.2) is 54.6 Å². The second-order valence-corrected chi connectivity index (χ2v) is 11.2. The SMILES string of the molecule is COC(=O)CCCCN1C(=O)[C@](O)([C@H](C)/C=C/CC(=O)N2CCC[C@H]2CO)c2cc(NC(=O)c3ccc(OC)cc3)ccc21. The van der Waals surface area contributed by atoms with E-state index in [9.17, 15) is 29.4 Å². The van der Waals surface area contributed by atoms with Gasteiger partial charge in [-0.1, -0.05) is 19.1 Å². The fourth-order valence-electron chi connectivity index (χ4n) is 5.82. The predicted octanol–water partition coefficient (Wildman–Crippen LogP) is 3.39. The molecular weight excluding hydrogens is 566 g/mol. The molecule has 2 heterocycles. The van der Waals surface area contributed by atoms with Crippen molar-refractivity contribution in [1.29, 1.82) is 0 Å². The molecule has 0 radical (unpaired) electrons. The summed E-state index contributed by atoms with van der Waals surface area (Å²) in [6.45, 7) is 2.50. The van der Waals surface area contributed by atoms with Crippen LogP contribution in [0.25, 0.3) is 0 Å². The van der Waals surface area contributed by atoms with E-state index >= 15 is 0 Å². The van der Waals surface area contributed by atoms with Gasteiger partial charge in [-0.3, -0.25) is 19.2 Å². The Morgan fingerprint density at radius 3 is 2.57 bits per heavy atom. The van der Waals surface area contributed by atoms with Gasteiger partial charge < -0.3 is 34.8 Å². The first-order valence-corrected chi connectivity index (χ1v) is 14.9. The third-order valence-electron chi connectivity index (χ3n) is 8.40. The van der Waals surface area contributed by atoms with Crippen LogP contribution in [0.4, 0.5) is 11.4 Å².